The van der Waals surface area contributed by atoms with Gasteiger partial charge in [0.25, 0.3) is 0 Å². The summed E-state index contributed by atoms with van der Waals surface area (Å²) in [6.07, 6.45) is 6.98. The average molecular weight is 367 g/mol. The fraction of sp³-hybridized carbons (Fsp3) is 0.429. The second-order valence-corrected chi connectivity index (χ2v) is 7.38. The standard InChI is InChI=1S/C21H26FN5/c22-18-3-1-17(2-4-18)15-27-20-14-24-9-5-19(20)25-21(27)13-16-6-10-26(11-7-16)12-8-23/h1-5,9,14,16H,6-8,10-13,15,23H2. The van der Waals surface area contributed by atoms with E-state index < -0.39 is 0 Å². The van der Waals surface area contributed by atoms with Crippen LogP contribution in [0.2, 0.25) is 0 Å². The molecule has 0 spiro atoms. The van der Waals surface area contributed by atoms with E-state index in [2.05, 4.69) is 14.5 Å². The summed E-state index contributed by atoms with van der Waals surface area (Å²) in [7, 11) is 0. The topological polar surface area (TPSA) is 60.0 Å². The molecule has 2 aromatic heterocycles. The summed E-state index contributed by atoms with van der Waals surface area (Å²) in [5.41, 5.74) is 8.76. The summed E-state index contributed by atoms with van der Waals surface area (Å²) in [6, 6.07) is 8.67. The van der Waals surface area contributed by atoms with Crippen molar-refractivity contribution >= 4 is 11.0 Å². The Hall–Kier alpha value is -2.31. The van der Waals surface area contributed by atoms with Crippen LogP contribution < -0.4 is 5.73 Å². The van der Waals surface area contributed by atoms with Gasteiger partial charge >= 0.3 is 0 Å². The average Bonchev–Trinajstić information content (AvgIpc) is 3.02. The van der Waals surface area contributed by atoms with Crippen LogP contribution in [0.3, 0.4) is 0 Å². The van der Waals surface area contributed by atoms with Gasteiger partial charge in [0.15, 0.2) is 0 Å². The molecule has 5 nitrogen and oxygen atoms in total. The number of halogens is 1. The minimum atomic E-state index is -0.208. The smallest absolute Gasteiger partial charge is 0.123 e. The Morgan fingerprint density at radius 1 is 1.11 bits per heavy atom. The highest BCUT2D eigenvalue weighted by Crippen LogP contribution is 2.24. The van der Waals surface area contributed by atoms with Crippen LogP contribution >= 0.6 is 0 Å². The summed E-state index contributed by atoms with van der Waals surface area (Å²) >= 11 is 0. The summed E-state index contributed by atoms with van der Waals surface area (Å²) in [4.78, 5) is 11.6. The molecular weight excluding hydrogens is 341 g/mol. The maximum Gasteiger partial charge on any atom is 0.123 e. The van der Waals surface area contributed by atoms with Crippen molar-refractivity contribution in [2.45, 2.75) is 25.8 Å². The van der Waals surface area contributed by atoms with E-state index in [-0.39, 0.29) is 5.82 Å². The molecule has 6 heteroatoms. The van der Waals surface area contributed by atoms with Gasteiger partial charge in [-0.2, -0.15) is 0 Å². The van der Waals surface area contributed by atoms with Gasteiger partial charge in [0.05, 0.1) is 17.2 Å². The normalized spacial score (nSPS) is 16.2. The van der Waals surface area contributed by atoms with Gasteiger partial charge in [-0.05, 0) is 55.6 Å². The van der Waals surface area contributed by atoms with E-state index in [1.807, 2.05) is 24.4 Å². The lowest BCUT2D eigenvalue weighted by Crippen LogP contribution is -2.37. The van der Waals surface area contributed by atoms with Crippen molar-refractivity contribution in [3.8, 4) is 0 Å². The molecule has 0 atom stereocenters. The molecule has 0 amide bonds. The first-order valence-electron chi connectivity index (χ1n) is 9.69. The fourth-order valence-electron chi connectivity index (χ4n) is 3.98. The van der Waals surface area contributed by atoms with Crippen molar-refractivity contribution in [2.75, 3.05) is 26.2 Å². The largest absolute Gasteiger partial charge is 0.329 e. The highest BCUT2D eigenvalue weighted by molar-refractivity contribution is 5.74. The number of aromatic nitrogens is 3. The second kappa shape index (κ2) is 8.15. The Kier molecular flexibility index (Phi) is 5.45. The highest BCUT2D eigenvalue weighted by atomic mass is 19.1. The number of hydrogen-bond acceptors (Lipinski definition) is 4. The van der Waals surface area contributed by atoms with Crippen LogP contribution in [0.4, 0.5) is 4.39 Å². The van der Waals surface area contributed by atoms with Gasteiger partial charge in [-0.3, -0.25) is 4.98 Å². The predicted molar refractivity (Wildman–Crippen MR) is 105 cm³/mol. The molecule has 3 heterocycles. The summed E-state index contributed by atoms with van der Waals surface area (Å²) in [5.74, 6) is 1.52. The number of pyridine rings is 1. The third-order valence-electron chi connectivity index (χ3n) is 5.51. The van der Waals surface area contributed by atoms with Gasteiger partial charge in [0.1, 0.15) is 11.6 Å². The third kappa shape index (κ3) is 4.17. The minimum Gasteiger partial charge on any atom is -0.329 e. The van der Waals surface area contributed by atoms with E-state index in [9.17, 15) is 4.39 Å². The molecule has 0 saturated carbocycles. The molecule has 0 radical (unpaired) electrons. The molecule has 3 aromatic rings. The molecule has 0 unspecified atom stereocenters. The third-order valence-corrected chi connectivity index (χ3v) is 5.51. The monoisotopic (exact) mass is 367 g/mol. The van der Waals surface area contributed by atoms with Crippen molar-refractivity contribution in [1.29, 1.82) is 0 Å². The van der Waals surface area contributed by atoms with Crippen LogP contribution in [0.25, 0.3) is 11.0 Å². The maximum atomic E-state index is 13.3. The van der Waals surface area contributed by atoms with Gasteiger partial charge < -0.3 is 15.2 Å². The quantitative estimate of drug-likeness (QED) is 0.728. The number of nitrogens with two attached hydrogens (primary N) is 1. The predicted octanol–water partition coefficient (Wildman–Crippen LogP) is 2.83. The number of nitrogens with zero attached hydrogens (tertiary/aromatic N) is 4. The lowest BCUT2D eigenvalue weighted by molar-refractivity contribution is 0.187. The lowest BCUT2D eigenvalue weighted by Gasteiger charge is -2.31. The van der Waals surface area contributed by atoms with Crippen molar-refractivity contribution in [1.82, 2.24) is 19.4 Å². The van der Waals surface area contributed by atoms with E-state index in [0.29, 0.717) is 12.5 Å². The van der Waals surface area contributed by atoms with Crippen LogP contribution in [0, 0.1) is 11.7 Å². The fourth-order valence-corrected chi connectivity index (χ4v) is 3.98. The summed E-state index contributed by atoms with van der Waals surface area (Å²) in [6.45, 7) is 4.62. The van der Waals surface area contributed by atoms with Gasteiger partial charge in [0.2, 0.25) is 0 Å². The first kappa shape index (κ1) is 18.1. The molecule has 2 N–H and O–H groups in total. The van der Waals surface area contributed by atoms with Crippen LogP contribution in [0.1, 0.15) is 24.2 Å². The number of likely N-dealkylation sites (tertiary alicyclic amines) is 1. The number of piperidine rings is 1. The zero-order valence-corrected chi connectivity index (χ0v) is 15.5. The number of rotatable bonds is 6. The molecule has 0 bridgehead atoms. The van der Waals surface area contributed by atoms with Crippen LogP contribution in [-0.2, 0) is 13.0 Å². The maximum absolute atomic E-state index is 13.3. The molecule has 1 fully saturated rings. The Labute approximate surface area is 159 Å². The van der Waals surface area contributed by atoms with E-state index in [0.717, 1.165) is 55.0 Å². The molecule has 0 aliphatic carbocycles. The molecule has 1 aliphatic rings. The van der Waals surface area contributed by atoms with Gasteiger partial charge in [0, 0.05) is 32.3 Å². The van der Waals surface area contributed by atoms with E-state index in [1.165, 1.54) is 25.0 Å². The zero-order valence-electron chi connectivity index (χ0n) is 15.5. The molecule has 27 heavy (non-hydrogen) atoms. The molecule has 1 saturated heterocycles. The SMILES string of the molecule is NCCN1CCC(Cc2nc3ccncc3n2Cc2ccc(F)cc2)CC1. The first-order valence-corrected chi connectivity index (χ1v) is 9.69. The Bertz CT molecular complexity index is 881. The lowest BCUT2D eigenvalue weighted by atomic mass is 9.93. The Balaban J connectivity index is 1.56. The molecule has 142 valence electrons. The Morgan fingerprint density at radius 2 is 1.89 bits per heavy atom. The number of fused-ring (bicyclic) bond motifs is 1. The van der Waals surface area contributed by atoms with E-state index in [1.54, 1.807) is 6.20 Å². The molecular formula is C21H26FN5. The van der Waals surface area contributed by atoms with Crippen molar-refractivity contribution in [3.05, 3.63) is 59.9 Å². The molecule has 4 rings (SSSR count). The number of imidazole rings is 1. The number of benzene rings is 1. The minimum absolute atomic E-state index is 0.208. The van der Waals surface area contributed by atoms with Crippen molar-refractivity contribution in [2.24, 2.45) is 11.7 Å². The molecule has 1 aliphatic heterocycles. The van der Waals surface area contributed by atoms with Crippen LogP contribution in [0.15, 0.2) is 42.7 Å². The van der Waals surface area contributed by atoms with Crippen LogP contribution in [-0.4, -0.2) is 45.6 Å². The van der Waals surface area contributed by atoms with Crippen LogP contribution in [0.5, 0.6) is 0 Å². The van der Waals surface area contributed by atoms with E-state index >= 15 is 0 Å². The van der Waals surface area contributed by atoms with E-state index in [4.69, 9.17) is 10.7 Å². The van der Waals surface area contributed by atoms with Crippen molar-refractivity contribution < 1.29 is 4.39 Å². The first-order chi connectivity index (χ1) is 13.2. The zero-order chi connectivity index (χ0) is 18.6. The summed E-state index contributed by atoms with van der Waals surface area (Å²) < 4.78 is 15.5. The highest BCUT2D eigenvalue weighted by Gasteiger charge is 2.22. The van der Waals surface area contributed by atoms with Gasteiger partial charge in [-0.15, -0.1) is 0 Å². The second-order valence-electron chi connectivity index (χ2n) is 7.38. The van der Waals surface area contributed by atoms with Gasteiger partial charge in [-0.25, -0.2) is 9.37 Å². The molecule has 1 aromatic carbocycles. The van der Waals surface area contributed by atoms with Gasteiger partial charge in [-0.1, -0.05) is 12.1 Å². The Morgan fingerprint density at radius 3 is 2.63 bits per heavy atom. The number of hydrogen-bond donors (Lipinski definition) is 1. The summed E-state index contributed by atoms with van der Waals surface area (Å²) in [5, 5.41) is 0. The van der Waals surface area contributed by atoms with Crippen molar-refractivity contribution in [3.63, 3.8) is 0 Å².